The number of hydrogen-bond donors (Lipinski definition) is 1. The molecule has 1 aliphatic heterocycles. The van der Waals surface area contributed by atoms with Crippen LogP contribution < -0.4 is 10.2 Å². The molecule has 1 aliphatic rings. The first-order valence-corrected chi connectivity index (χ1v) is 8.11. The van der Waals surface area contributed by atoms with Crippen LogP contribution in [-0.4, -0.2) is 10.6 Å². The molecule has 114 valence electrons. The predicted octanol–water partition coefficient (Wildman–Crippen LogP) is 4.79. The lowest BCUT2D eigenvalue weighted by Crippen LogP contribution is -2.38. The number of halogens is 1. The third-order valence-corrected chi connectivity index (χ3v) is 4.40. The highest BCUT2D eigenvalue weighted by Crippen LogP contribution is 2.32. The Balaban J connectivity index is 1.68. The van der Waals surface area contributed by atoms with Gasteiger partial charge in [0, 0.05) is 22.1 Å². The lowest BCUT2D eigenvalue weighted by molar-refractivity contribution is 0.256. The van der Waals surface area contributed by atoms with Gasteiger partial charge in [-0.05, 0) is 42.5 Å². The highest BCUT2D eigenvalue weighted by molar-refractivity contribution is 9.10. The molecule has 4 nitrogen and oxygen atoms in total. The molecule has 0 atom stereocenters. The molecular formula is C18H14BrN3O. The minimum atomic E-state index is -0.136. The summed E-state index contributed by atoms with van der Waals surface area (Å²) in [6.07, 6.45) is 2.03. The molecular weight excluding hydrogens is 354 g/mol. The van der Waals surface area contributed by atoms with Gasteiger partial charge in [-0.1, -0.05) is 34.1 Å². The molecule has 2 aromatic carbocycles. The fourth-order valence-electron chi connectivity index (χ4n) is 2.86. The zero-order valence-corrected chi connectivity index (χ0v) is 13.8. The molecule has 0 aliphatic carbocycles. The van der Waals surface area contributed by atoms with Crippen LogP contribution in [0, 0.1) is 0 Å². The Morgan fingerprint density at radius 1 is 1.00 bits per heavy atom. The molecule has 0 saturated carbocycles. The summed E-state index contributed by atoms with van der Waals surface area (Å²) in [4.78, 5) is 14.5. The van der Waals surface area contributed by atoms with Crippen molar-refractivity contribution in [3.8, 4) is 5.69 Å². The van der Waals surface area contributed by atoms with Crippen LogP contribution in [0.3, 0.4) is 0 Å². The third-order valence-electron chi connectivity index (χ3n) is 3.91. The summed E-state index contributed by atoms with van der Waals surface area (Å²) in [7, 11) is 0. The van der Waals surface area contributed by atoms with E-state index < -0.39 is 0 Å². The quantitative estimate of drug-likeness (QED) is 0.659. The molecule has 0 spiro atoms. The molecule has 5 heteroatoms. The first kappa shape index (κ1) is 14.1. The molecule has 0 unspecified atom stereocenters. The number of carbonyl (C=O) groups is 1. The molecule has 3 aromatic rings. The summed E-state index contributed by atoms with van der Waals surface area (Å²) in [6.45, 7) is 0.545. The van der Waals surface area contributed by atoms with Crippen molar-refractivity contribution in [3.05, 3.63) is 77.0 Å². The number of rotatable bonds is 1. The van der Waals surface area contributed by atoms with Crippen LogP contribution in [0.4, 0.5) is 16.2 Å². The second-order valence-electron chi connectivity index (χ2n) is 5.38. The molecule has 4 rings (SSSR count). The van der Waals surface area contributed by atoms with Gasteiger partial charge >= 0.3 is 6.03 Å². The van der Waals surface area contributed by atoms with Gasteiger partial charge in [0.2, 0.25) is 0 Å². The van der Waals surface area contributed by atoms with E-state index in [0.717, 1.165) is 27.2 Å². The Labute approximate surface area is 142 Å². The van der Waals surface area contributed by atoms with Crippen LogP contribution in [-0.2, 0) is 6.54 Å². The number of nitrogens with zero attached hydrogens (tertiary/aromatic N) is 2. The van der Waals surface area contributed by atoms with Crippen molar-refractivity contribution in [2.75, 3.05) is 10.2 Å². The number of fused-ring (bicyclic) bond motifs is 3. The lowest BCUT2D eigenvalue weighted by atomic mass is 10.2. The first-order valence-electron chi connectivity index (χ1n) is 7.32. The van der Waals surface area contributed by atoms with Crippen LogP contribution in [0.1, 0.15) is 5.69 Å². The van der Waals surface area contributed by atoms with Crippen molar-refractivity contribution < 1.29 is 4.79 Å². The van der Waals surface area contributed by atoms with Gasteiger partial charge in [0.25, 0.3) is 0 Å². The number of urea groups is 1. The maximum Gasteiger partial charge on any atom is 0.326 e. The number of aromatic nitrogens is 1. The van der Waals surface area contributed by atoms with E-state index in [1.807, 2.05) is 66.9 Å². The third kappa shape index (κ3) is 2.53. The van der Waals surface area contributed by atoms with Gasteiger partial charge in [-0.2, -0.15) is 0 Å². The minimum absolute atomic E-state index is 0.136. The van der Waals surface area contributed by atoms with Gasteiger partial charge < -0.3 is 9.88 Å². The number of nitrogens with one attached hydrogen (secondary N) is 1. The highest BCUT2D eigenvalue weighted by Gasteiger charge is 2.25. The normalized spacial score (nSPS) is 12.5. The number of amides is 2. The monoisotopic (exact) mass is 367 g/mol. The van der Waals surface area contributed by atoms with Crippen molar-refractivity contribution >= 4 is 33.3 Å². The van der Waals surface area contributed by atoms with Crippen LogP contribution in [0.25, 0.3) is 5.69 Å². The number of benzene rings is 2. The average molecular weight is 368 g/mol. The first-order chi connectivity index (χ1) is 11.2. The molecule has 1 aromatic heterocycles. The summed E-state index contributed by atoms with van der Waals surface area (Å²) >= 11 is 3.42. The summed E-state index contributed by atoms with van der Waals surface area (Å²) < 4.78 is 3.06. The van der Waals surface area contributed by atoms with Gasteiger partial charge in [-0.25, -0.2) is 4.79 Å². The smallest absolute Gasteiger partial charge is 0.317 e. The standard InChI is InChI=1S/C18H14BrN3O/c19-13-5-3-6-14(11-13)20-18(23)22-12-15-7-4-10-21(15)16-8-1-2-9-17(16)22/h1-11H,12H2,(H,20,23). The van der Waals surface area contributed by atoms with Crippen molar-refractivity contribution in [2.45, 2.75) is 6.54 Å². The van der Waals surface area contributed by atoms with E-state index >= 15 is 0 Å². The maximum atomic E-state index is 12.8. The SMILES string of the molecule is O=C(Nc1cccc(Br)c1)N1Cc2cccn2-c2ccccc21. The van der Waals surface area contributed by atoms with E-state index in [1.54, 1.807) is 4.90 Å². The Kier molecular flexibility index (Phi) is 3.42. The Hall–Kier alpha value is -2.53. The van der Waals surface area contributed by atoms with E-state index in [9.17, 15) is 4.79 Å². The fourth-order valence-corrected chi connectivity index (χ4v) is 3.26. The van der Waals surface area contributed by atoms with E-state index in [4.69, 9.17) is 0 Å². The maximum absolute atomic E-state index is 12.8. The van der Waals surface area contributed by atoms with Gasteiger partial charge in [-0.15, -0.1) is 0 Å². The molecule has 0 saturated heterocycles. The second kappa shape index (κ2) is 5.59. The lowest BCUT2D eigenvalue weighted by Gasteiger charge is -2.31. The van der Waals surface area contributed by atoms with Gasteiger partial charge in [-0.3, -0.25) is 4.90 Å². The summed E-state index contributed by atoms with van der Waals surface area (Å²) in [5.74, 6) is 0. The van der Waals surface area contributed by atoms with Crippen LogP contribution in [0.5, 0.6) is 0 Å². The van der Waals surface area contributed by atoms with Crippen molar-refractivity contribution in [2.24, 2.45) is 0 Å². The highest BCUT2D eigenvalue weighted by atomic mass is 79.9. The van der Waals surface area contributed by atoms with Crippen LogP contribution >= 0.6 is 15.9 Å². The summed E-state index contributed by atoms with van der Waals surface area (Å²) in [5, 5.41) is 2.96. The molecule has 1 N–H and O–H groups in total. The Morgan fingerprint density at radius 3 is 2.65 bits per heavy atom. The fraction of sp³-hybridized carbons (Fsp3) is 0.0556. The molecule has 23 heavy (non-hydrogen) atoms. The second-order valence-corrected chi connectivity index (χ2v) is 6.30. The van der Waals surface area contributed by atoms with Crippen molar-refractivity contribution in [1.29, 1.82) is 0 Å². The van der Waals surface area contributed by atoms with E-state index in [2.05, 4.69) is 25.8 Å². The largest absolute Gasteiger partial charge is 0.326 e. The Morgan fingerprint density at radius 2 is 1.83 bits per heavy atom. The number of para-hydroxylation sites is 2. The predicted molar refractivity (Wildman–Crippen MR) is 95.1 cm³/mol. The molecule has 2 amide bonds. The zero-order chi connectivity index (χ0) is 15.8. The van der Waals surface area contributed by atoms with Crippen molar-refractivity contribution in [1.82, 2.24) is 4.57 Å². The minimum Gasteiger partial charge on any atom is -0.317 e. The van der Waals surface area contributed by atoms with Gasteiger partial charge in [0.15, 0.2) is 0 Å². The van der Waals surface area contributed by atoms with E-state index in [0.29, 0.717) is 6.54 Å². The van der Waals surface area contributed by atoms with E-state index in [-0.39, 0.29) is 6.03 Å². The molecule has 0 radical (unpaired) electrons. The van der Waals surface area contributed by atoms with E-state index in [1.165, 1.54) is 0 Å². The number of hydrogen-bond acceptors (Lipinski definition) is 1. The Bertz CT molecular complexity index is 887. The van der Waals surface area contributed by atoms with Crippen LogP contribution in [0.15, 0.2) is 71.3 Å². The van der Waals surface area contributed by atoms with Crippen molar-refractivity contribution in [3.63, 3.8) is 0 Å². The average Bonchev–Trinajstić information content (AvgIpc) is 3.03. The topological polar surface area (TPSA) is 37.3 Å². The number of carbonyl (C=O) groups excluding carboxylic acids is 1. The van der Waals surface area contributed by atoms with Gasteiger partial charge in [0.1, 0.15) is 0 Å². The van der Waals surface area contributed by atoms with Gasteiger partial charge in [0.05, 0.1) is 17.9 Å². The van der Waals surface area contributed by atoms with Crippen LogP contribution in [0.2, 0.25) is 0 Å². The molecule has 0 fully saturated rings. The number of anilines is 2. The summed E-state index contributed by atoms with van der Waals surface area (Å²) in [6, 6.07) is 19.4. The molecule has 2 heterocycles. The summed E-state index contributed by atoms with van der Waals surface area (Å²) in [5.41, 5.74) is 3.78. The zero-order valence-electron chi connectivity index (χ0n) is 12.2. The molecule has 0 bridgehead atoms.